The lowest BCUT2D eigenvalue weighted by Crippen LogP contribution is -2.36. The Bertz CT molecular complexity index is 728. The van der Waals surface area contributed by atoms with Gasteiger partial charge in [-0.1, -0.05) is 37.3 Å². The molecule has 0 unspecified atom stereocenters. The Morgan fingerprint density at radius 2 is 2.04 bits per heavy atom. The van der Waals surface area contributed by atoms with Gasteiger partial charge in [0.1, 0.15) is 5.75 Å². The van der Waals surface area contributed by atoms with Crippen molar-refractivity contribution in [3.05, 3.63) is 59.2 Å². The summed E-state index contributed by atoms with van der Waals surface area (Å²) >= 11 is 0. The first-order valence-corrected chi connectivity index (χ1v) is 8.95. The molecule has 0 bridgehead atoms. The van der Waals surface area contributed by atoms with Crippen molar-refractivity contribution in [3.8, 4) is 5.75 Å². The van der Waals surface area contributed by atoms with E-state index < -0.39 is 0 Å². The van der Waals surface area contributed by atoms with Gasteiger partial charge in [0, 0.05) is 29.3 Å². The topological polar surface area (TPSA) is 30.5 Å². The molecule has 4 rings (SSSR count). The second-order valence-electron chi connectivity index (χ2n) is 6.74. The molecule has 2 heterocycles. The maximum Gasteiger partial charge on any atom is 0.124 e. The average molecular weight is 323 g/mol. The number of methoxy groups -OCH3 is 1. The summed E-state index contributed by atoms with van der Waals surface area (Å²) in [5, 5.41) is 3.78. The fraction of sp³-hybridized carbons (Fsp3) is 0.429. The Kier molecular flexibility index (Phi) is 4.19. The largest absolute Gasteiger partial charge is 0.496 e. The van der Waals surface area contributed by atoms with Gasteiger partial charge in [0.25, 0.3) is 0 Å². The normalized spacial score (nSPS) is 25.3. The van der Waals surface area contributed by atoms with Crippen LogP contribution in [0.25, 0.3) is 0 Å². The molecule has 0 radical (unpaired) electrons. The maximum absolute atomic E-state index is 6.25. The van der Waals surface area contributed by atoms with E-state index in [2.05, 4.69) is 42.6 Å². The van der Waals surface area contributed by atoms with Gasteiger partial charge < -0.3 is 14.8 Å². The second-order valence-corrected chi connectivity index (χ2v) is 6.74. The molecule has 1 saturated heterocycles. The van der Waals surface area contributed by atoms with E-state index in [9.17, 15) is 0 Å². The number of para-hydroxylation sites is 1. The van der Waals surface area contributed by atoms with Crippen LogP contribution >= 0.6 is 0 Å². The number of benzene rings is 2. The van der Waals surface area contributed by atoms with Crippen LogP contribution < -0.4 is 10.1 Å². The van der Waals surface area contributed by atoms with Crippen LogP contribution in [0.15, 0.2) is 42.5 Å². The third-order valence-electron chi connectivity index (χ3n) is 5.41. The van der Waals surface area contributed by atoms with Crippen molar-refractivity contribution in [1.29, 1.82) is 0 Å². The molecule has 2 aromatic rings. The molecule has 3 heteroatoms. The van der Waals surface area contributed by atoms with Gasteiger partial charge in [-0.15, -0.1) is 0 Å². The van der Waals surface area contributed by atoms with E-state index in [4.69, 9.17) is 9.47 Å². The molecule has 2 aliphatic rings. The minimum absolute atomic E-state index is 0.177. The Labute approximate surface area is 144 Å². The number of hydrogen-bond acceptors (Lipinski definition) is 3. The molecule has 3 atom stereocenters. The van der Waals surface area contributed by atoms with E-state index in [0.29, 0.717) is 5.92 Å². The molecule has 0 amide bonds. The Morgan fingerprint density at radius 1 is 1.17 bits per heavy atom. The van der Waals surface area contributed by atoms with E-state index >= 15 is 0 Å². The van der Waals surface area contributed by atoms with Crippen molar-refractivity contribution in [1.82, 2.24) is 0 Å². The third-order valence-corrected chi connectivity index (χ3v) is 5.41. The smallest absolute Gasteiger partial charge is 0.124 e. The number of rotatable bonds is 3. The zero-order valence-electron chi connectivity index (χ0n) is 14.4. The van der Waals surface area contributed by atoms with Gasteiger partial charge in [-0.25, -0.2) is 0 Å². The van der Waals surface area contributed by atoms with Crippen molar-refractivity contribution in [3.63, 3.8) is 0 Å². The van der Waals surface area contributed by atoms with Crippen LogP contribution in [0, 0.1) is 5.92 Å². The molecule has 0 aromatic heterocycles. The zero-order chi connectivity index (χ0) is 16.5. The molecule has 0 spiro atoms. The highest BCUT2D eigenvalue weighted by atomic mass is 16.5. The predicted molar refractivity (Wildman–Crippen MR) is 96.6 cm³/mol. The number of nitrogens with one attached hydrogen (secondary N) is 1. The van der Waals surface area contributed by atoms with E-state index in [1.54, 1.807) is 7.11 Å². The zero-order valence-corrected chi connectivity index (χ0v) is 14.4. The summed E-state index contributed by atoms with van der Waals surface area (Å²) in [4.78, 5) is 0. The van der Waals surface area contributed by atoms with Crippen LogP contribution in [-0.2, 0) is 11.2 Å². The lowest BCUT2D eigenvalue weighted by molar-refractivity contribution is -0.0383. The molecule has 3 nitrogen and oxygen atoms in total. The lowest BCUT2D eigenvalue weighted by atomic mass is 9.77. The minimum Gasteiger partial charge on any atom is -0.496 e. The van der Waals surface area contributed by atoms with Crippen LogP contribution in [0.5, 0.6) is 5.75 Å². The number of ether oxygens (including phenoxy) is 2. The number of fused-ring (bicyclic) bond motifs is 3. The van der Waals surface area contributed by atoms with Gasteiger partial charge >= 0.3 is 0 Å². The average Bonchev–Trinajstić information content (AvgIpc) is 2.67. The Morgan fingerprint density at radius 3 is 2.88 bits per heavy atom. The number of hydrogen-bond donors (Lipinski definition) is 1. The van der Waals surface area contributed by atoms with Crippen molar-refractivity contribution in [2.24, 2.45) is 5.92 Å². The van der Waals surface area contributed by atoms with Crippen LogP contribution in [0.3, 0.4) is 0 Å². The van der Waals surface area contributed by atoms with Crippen LogP contribution in [-0.4, -0.2) is 13.7 Å². The molecule has 24 heavy (non-hydrogen) atoms. The van der Waals surface area contributed by atoms with Gasteiger partial charge in [0.05, 0.1) is 19.3 Å². The molecule has 1 fully saturated rings. The summed E-state index contributed by atoms with van der Waals surface area (Å²) in [7, 11) is 1.75. The van der Waals surface area contributed by atoms with Crippen molar-refractivity contribution in [2.45, 2.75) is 38.3 Å². The summed E-state index contributed by atoms with van der Waals surface area (Å²) in [6.45, 7) is 3.06. The predicted octanol–water partition coefficient (Wildman–Crippen LogP) is 4.89. The van der Waals surface area contributed by atoms with Gasteiger partial charge in [0.15, 0.2) is 0 Å². The van der Waals surface area contributed by atoms with Crippen molar-refractivity contribution < 1.29 is 9.47 Å². The molecule has 0 aliphatic carbocycles. The first-order valence-electron chi connectivity index (χ1n) is 8.95. The molecular formula is C21H25NO2. The van der Waals surface area contributed by atoms with Crippen LogP contribution in [0.2, 0.25) is 0 Å². The monoisotopic (exact) mass is 323 g/mol. The van der Waals surface area contributed by atoms with Crippen molar-refractivity contribution >= 4 is 5.69 Å². The first kappa shape index (κ1) is 15.5. The van der Waals surface area contributed by atoms with Gasteiger partial charge in [0.2, 0.25) is 0 Å². The summed E-state index contributed by atoms with van der Waals surface area (Å²) < 4.78 is 11.9. The summed E-state index contributed by atoms with van der Waals surface area (Å²) in [5.41, 5.74) is 5.13. The van der Waals surface area contributed by atoms with E-state index in [-0.39, 0.29) is 12.1 Å². The molecule has 126 valence electrons. The van der Waals surface area contributed by atoms with Crippen LogP contribution in [0.4, 0.5) is 5.69 Å². The lowest BCUT2D eigenvalue weighted by Gasteiger charge is -2.43. The second kappa shape index (κ2) is 6.48. The van der Waals surface area contributed by atoms with E-state index in [1.165, 1.54) is 28.8 Å². The number of aryl methyl sites for hydroxylation is 1. The third kappa shape index (κ3) is 2.57. The Hall–Kier alpha value is -2.00. The van der Waals surface area contributed by atoms with Crippen LogP contribution in [0.1, 0.15) is 48.6 Å². The fourth-order valence-corrected chi connectivity index (χ4v) is 4.17. The highest BCUT2D eigenvalue weighted by molar-refractivity contribution is 5.59. The highest BCUT2D eigenvalue weighted by Gasteiger charge is 2.40. The SMILES string of the molecule is CCc1ccc2c(c1)[C@@H]1OCCC[C@@H]1[C@H](c1ccccc1OC)N2. The molecule has 0 saturated carbocycles. The molecular weight excluding hydrogens is 298 g/mol. The molecule has 1 N–H and O–H groups in total. The highest BCUT2D eigenvalue weighted by Crippen LogP contribution is 2.50. The summed E-state index contributed by atoms with van der Waals surface area (Å²) in [5.74, 6) is 1.39. The maximum atomic E-state index is 6.25. The molecule has 2 aromatic carbocycles. The Balaban J connectivity index is 1.79. The van der Waals surface area contributed by atoms with Crippen molar-refractivity contribution in [2.75, 3.05) is 19.0 Å². The van der Waals surface area contributed by atoms with Gasteiger partial charge in [-0.2, -0.15) is 0 Å². The quantitative estimate of drug-likeness (QED) is 0.872. The summed E-state index contributed by atoms with van der Waals surface area (Å²) in [6.07, 6.45) is 3.53. The van der Waals surface area contributed by atoms with E-state index in [0.717, 1.165) is 25.2 Å². The van der Waals surface area contributed by atoms with Gasteiger partial charge in [-0.3, -0.25) is 0 Å². The fourth-order valence-electron chi connectivity index (χ4n) is 4.17. The van der Waals surface area contributed by atoms with Gasteiger partial charge in [-0.05, 0) is 37.0 Å². The molecule has 2 aliphatic heterocycles. The number of anilines is 1. The standard InChI is InChI=1S/C21H25NO2/c1-3-14-10-11-18-17(13-14)21-16(8-6-12-24-21)20(22-18)15-7-4-5-9-19(15)23-2/h4-5,7,9-11,13,16,20-22H,3,6,8,12H2,1-2H3/t16-,20+,21-/m1/s1. The van der Waals surface area contributed by atoms with E-state index in [1.807, 2.05) is 12.1 Å². The minimum atomic E-state index is 0.177. The first-order chi connectivity index (χ1) is 11.8. The summed E-state index contributed by atoms with van der Waals surface area (Å²) in [6, 6.07) is 15.3.